The highest BCUT2D eigenvalue weighted by molar-refractivity contribution is 5.95. The van der Waals surface area contributed by atoms with Crippen LogP contribution in [0, 0.1) is 17.8 Å². The third-order valence-corrected chi connectivity index (χ3v) is 3.66. The van der Waals surface area contributed by atoms with Crippen molar-refractivity contribution in [1.29, 1.82) is 0 Å². The molecular weight excluding hydrogens is 266 g/mol. The lowest BCUT2D eigenvalue weighted by Crippen LogP contribution is -2.26. The van der Waals surface area contributed by atoms with Crippen LogP contribution in [-0.2, 0) is 0 Å². The van der Waals surface area contributed by atoms with Gasteiger partial charge in [0.2, 0.25) is 0 Å². The van der Waals surface area contributed by atoms with E-state index in [0.29, 0.717) is 28.8 Å². The van der Waals surface area contributed by atoms with Gasteiger partial charge in [-0.1, -0.05) is 25.2 Å². The zero-order valence-electron chi connectivity index (χ0n) is 12.5. The summed E-state index contributed by atoms with van der Waals surface area (Å²) in [6, 6.07) is 5.47. The Kier molecular flexibility index (Phi) is 5.24. The summed E-state index contributed by atoms with van der Waals surface area (Å²) < 4.78 is 5.20. The molecule has 0 heterocycles. The van der Waals surface area contributed by atoms with Crippen molar-refractivity contribution in [3.8, 4) is 17.6 Å². The molecule has 0 aromatic heterocycles. The monoisotopic (exact) mass is 287 g/mol. The number of aliphatic hydroxyl groups excluding tert-OH is 1. The highest BCUT2D eigenvalue weighted by atomic mass is 16.5. The topological polar surface area (TPSA) is 58.6 Å². The second-order valence-corrected chi connectivity index (χ2v) is 5.24. The molecule has 2 N–H and O–H groups in total. The second-order valence-electron chi connectivity index (χ2n) is 5.24. The molecule has 1 aliphatic carbocycles. The molecule has 112 valence electrons. The fourth-order valence-corrected chi connectivity index (χ4v) is 2.45. The van der Waals surface area contributed by atoms with Gasteiger partial charge in [-0.2, -0.15) is 0 Å². The maximum atomic E-state index is 12.2. The third-order valence-electron chi connectivity index (χ3n) is 3.66. The molecule has 0 bridgehead atoms. The van der Waals surface area contributed by atoms with Gasteiger partial charge in [0.05, 0.1) is 12.7 Å². The van der Waals surface area contributed by atoms with Gasteiger partial charge in [-0.25, -0.2) is 0 Å². The standard InChI is InChI=1S/C17H21NO3/c1-3-5-12-11-15(12)18-17(20)14-7-8-16(21-2)13(10-14)6-4-9-19/h7-8,10,12,15,19H,3,5,9,11H2,1-2H3,(H,18,20). The number of hydrogen-bond donors (Lipinski definition) is 2. The van der Waals surface area contributed by atoms with E-state index >= 15 is 0 Å². The van der Waals surface area contributed by atoms with Crippen molar-refractivity contribution in [3.63, 3.8) is 0 Å². The van der Waals surface area contributed by atoms with Crippen molar-refractivity contribution < 1.29 is 14.6 Å². The summed E-state index contributed by atoms with van der Waals surface area (Å²) in [7, 11) is 1.55. The number of ether oxygens (including phenoxy) is 1. The first-order chi connectivity index (χ1) is 10.2. The van der Waals surface area contributed by atoms with Crippen LogP contribution in [0.5, 0.6) is 5.75 Å². The maximum absolute atomic E-state index is 12.2. The molecule has 1 aromatic rings. The van der Waals surface area contributed by atoms with E-state index in [-0.39, 0.29) is 12.5 Å². The fraction of sp³-hybridized carbons (Fsp3) is 0.471. The third kappa shape index (κ3) is 3.99. The molecule has 2 unspecified atom stereocenters. The van der Waals surface area contributed by atoms with Gasteiger partial charge >= 0.3 is 0 Å². The van der Waals surface area contributed by atoms with Gasteiger partial charge in [0.15, 0.2) is 0 Å². The van der Waals surface area contributed by atoms with E-state index in [2.05, 4.69) is 24.1 Å². The average Bonchev–Trinajstić information content (AvgIpc) is 3.22. The summed E-state index contributed by atoms with van der Waals surface area (Å²) in [5, 5.41) is 11.8. The molecule has 4 heteroatoms. The molecule has 2 rings (SSSR count). The van der Waals surface area contributed by atoms with Gasteiger partial charge in [-0.05, 0) is 37.0 Å². The van der Waals surface area contributed by atoms with Crippen LogP contribution in [0.2, 0.25) is 0 Å². The number of carbonyl (C=O) groups excluding carboxylic acids is 1. The quantitative estimate of drug-likeness (QED) is 0.814. The Balaban J connectivity index is 2.07. The Hall–Kier alpha value is -1.99. The van der Waals surface area contributed by atoms with Crippen molar-refractivity contribution in [2.75, 3.05) is 13.7 Å². The first kappa shape index (κ1) is 15.4. The molecule has 0 aliphatic heterocycles. The number of rotatable bonds is 5. The number of benzene rings is 1. The van der Waals surface area contributed by atoms with E-state index in [1.54, 1.807) is 25.3 Å². The van der Waals surface area contributed by atoms with Gasteiger partial charge < -0.3 is 15.2 Å². The van der Waals surface area contributed by atoms with E-state index in [0.717, 1.165) is 12.8 Å². The van der Waals surface area contributed by atoms with Crippen molar-refractivity contribution in [2.24, 2.45) is 5.92 Å². The van der Waals surface area contributed by atoms with Crippen LogP contribution in [0.3, 0.4) is 0 Å². The van der Waals surface area contributed by atoms with Crippen LogP contribution in [0.15, 0.2) is 18.2 Å². The average molecular weight is 287 g/mol. The Morgan fingerprint density at radius 2 is 2.33 bits per heavy atom. The summed E-state index contributed by atoms with van der Waals surface area (Å²) >= 11 is 0. The van der Waals surface area contributed by atoms with E-state index in [1.165, 1.54) is 6.42 Å². The number of carbonyl (C=O) groups is 1. The summed E-state index contributed by atoms with van der Waals surface area (Å²) in [5.74, 6) is 6.53. The first-order valence-corrected chi connectivity index (χ1v) is 7.28. The van der Waals surface area contributed by atoms with Gasteiger partial charge in [0, 0.05) is 11.6 Å². The summed E-state index contributed by atoms with van der Waals surface area (Å²) in [4.78, 5) is 12.2. The second kappa shape index (κ2) is 7.14. The van der Waals surface area contributed by atoms with Crippen LogP contribution < -0.4 is 10.1 Å². The SMILES string of the molecule is CCCC1CC1NC(=O)c1ccc(OC)c(C#CCO)c1. The van der Waals surface area contributed by atoms with Crippen molar-refractivity contribution in [1.82, 2.24) is 5.32 Å². The lowest BCUT2D eigenvalue weighted by molar-refractivity contribution is 0.0948. The normalized spacial score (nSPS) is 19.4. The first-order valence-electron chi connectivity index (χ1n) is 7.28. The van der Waals surface area contributed by atoms with Gasteiger partial charge in [0.25, 0.3) is 5.91 Å². The molecule has 1 aliphatic rings. The Morgan fingerprint density at radius 1 is 1.52 bits per heavy atom. The number of aliphatic hydroxyl groups is 1. The van der Waals surface area contributed by atoms with Crippen LogP contribution in [0.4, 0.5) is 0 Å². The van der Waals surface area contributed by atoms with Crippen molar-refractivity contribution in [3.05, 3.63) is 29.3 Å². The molecule has 1 aromatic carbocycles. The summed E-state index contributed by atoms with van der Waals surface area (Å²) in [5.41, 5.74) is 1.18. The van der Waals surface area contributed by atoms with E-state index in [1.807, 2.05) is 0 Å². The number of amides is 1. The maximum Gasteiger partial charge on any atom is 0.251 e. The Morgan fingerprint density at radius 3 is 3.00 bits per heavy atom. The predicted molar refractivity (Wildman–Crippen MR) is 81.2 cm³/mol. The predicted octanol–water partition coefficient (Wildman–Crippen LogP) is 1.96. The van der Waals surface area contributed by atoms with Gasteiger partial charge in [0.1, 0.15) is 12.4 Å². The number of nitrogens with one attached hydrogen (secondary N) is 1. The fourth-order valence-electron chi connectivity index (χ4n) is 2.45. The van der Waals surface area contributed by atoms with E-state index in [9.17, 15) is 4.79 Å². The molecule has 2 atom stereocenters. The molecule has 0 radical (unpaired) electrons. The van der Waals surface area contributed by atoms with Gasteiger partial charge in [-0.15, -0.1) is 0 Å². The smallest absolute Gasteiger partial charge is 0.251 e. The largest absolute Gasteiger partial charge is 0.495 e. The molecule has 1 saturated carbocycles. The summed E-state index contributed by atoms with van der Waals surface area (Å²) in [6.07, 6.45) is 3.40. The molecule has 0 spiro atoms. The molecular formula is C17H21NO3. The number of methoxy groups -OCH3 is 1. The minimum absolute atomic E-state index is 0.0756. The molecule has 1 amide bonds. The highest BCUT2D eigenvalue weighted by Crippen LogP contribution is 2.34. The molecule has 21 heavy (non-hydrogen) atoms. The minimum Gasteiger partial charge on any atom is -0.495 e. The lowest BCUT2D eigenvalue weighted by Gasteiger charge is -2.08. The number of hydrogen-bond acceptors (Lipinski definition) is 3. The van der Waals surface area contributed by atoms with Crippen LogP contribution in [0.25, 0.3) is 0 Å². The van der Waals surface area contributed by atoms with E-state index in [4.69, 9.17) is 9.84 Å². The molecule has 0 saturated heterocycles. The molecule has 4 nitrogen and oxygen atoms in total. The zero-order chi connectivity index (χ0) is 15.2. The Labute approximate surface area is 125 Å². The Bertz CT molecular complexity index is 571. The van der Waals surface area contributed by atoms with Crippen LogP contribution in [-0.4, -0.2) is 30.8 Å². The van der Waals surface area contributed by atoms with Crippen molar-refractivity contribution in [2.45, 2.75) is 32.2 Å². The zero-order valence-corrected chi connectivity index (χ0v) is 12.5. The van der Waals surface area contributed by atoms with E-state index < -0.39 is 0 Å². The van der Waals surface area contributed by atoms with Crippen LogP contribution in [0.1, 0.15) is 42.1 Å². The summed E-state index contributed by atoms with van der Waals surface area (Å²) in [6.45, 7) is 1.94. The van der Waals surface area contributed by atoms with Crippen LogP contribution >= 0.6 is 0 Å². The van der Waals surface area contributed by atoms with Crippen molar-refractivity contribution >= 4 is 5.91 Å². The minimum atomic E-state index is -0.222. The van der Waals surface area contributed by atoms with Gasteiger partial charge in [-0.3, -0.25) is 4.79 Å². The molecule has 1 fully saturated rings. The highest BCUT2D eigenvalue weighted by Gasteiger charge is 2.37. The lowest BCUT2D eigenvalue weighted by atomic mass is 10.1.